The molecule has 0 saturated carbocycles. The number of nitrogens with one attached hydrogen (secondary N) is 1. The quantitative estimate of drug-likeness (QED) is 0.593. The summed E-state index contributed by atoms with van der Waals surface area (Å²) in [5.74, 6) is -0.0661. The molecule has 1 aromatic heterocycles. The number of amides is 1. The number of nitrogens with zero attached hydrogens (tertiary/aromatic N) is 1. The third-order valence-corrected chi connectivity index (χ3v) is 5.16. The molecule has 2 aromatic carbocycles. The molecule has 3 nitrogen and oxygen atoms in total. The summed E-state index contributed by atoms with van der Waals surface area (Å²) in [6.45, 7) is 0. The molecule has 1 amide bonds. The zero-order chi connectivity index (χ0) is 17.6. The van der Waals surface area contributed by atoms with Crippen LogP contribution in [-0.4, -0.2) is 10.9 Å². The van der Waals surface area contributed by atoms with Gasteiger partial charge >= 0.3 is 0 Å². The van der Waals surface area contributed by atoms with Crippen molar-refractivity contribution in [2.24, 2.45) is 0 Å². The average molecular weight is 391 g/mol. The molecule has 3 rings (SSSR count). The molecular weight excluding hydrogens is 375 g/mol. The number of anilines is 1. The van der Waals surface area contributed by atoms with Crippen molar-refractivity contribution in [3.05, 3.63) is 80.8 Å². The van der Waals surface area contributed by atoms with Crippen molar-refractivity contribution in [3.63, 3.8) is 0 Å². The summed E-state index contributed by atoms with van der Waals surface area (Å²) < 4.78 is 0. The SMILES string of the molecule is O=C(CCc1ccccc1Cl)Nc1ncc(Cc2cccc(Cl)c2)s1. The van der Waals surface area contributed by atoms with Crippen LogP contribution in [-0.2, 0) is 17.6 Å². The molecule has 3 aromatic rings. The molecule has 0 bridgehead atoms. The van der Waals surface area contributed by atoms with Crippen LogP contribution in [0.1, 0.15) is 22.4 Å². The van der Waals surface area contributed by atoms with Gasteiger partial charge < -0.3 is 5.32 Å². The summed E-state index contributed by atoms with van der Waals surface area (Å²) >= 11 is 13.6. The lowest BCUT2D eigenvalue weighted by Crippen LogP contribution is -2.12. The van der Waals surface area contributed by atoms with E-state index < -0.39 is 0 Å². The molecule has 6 heteroatoms. The maximum absolute atomic E-state index is 12.1. The van der Waals surface area contributed by atoms with Gasteiger partial charge in [0.1, 0.15) is 0 Å². The van der Waals surface area contributed by atoms with Gasteiger partial charge in [0.2, 0.25) is 5.91 Å². The molecule has 1 heterocycles. The molecule has 25 heavy (non-hydrogen) atoms. The third kappa shape index (κ3) is 5.30. The smallest absolute Gasteiger partial charge is 0.226 e. The van der Waals surface area contributed by atoms with E-state index in [1.54, 1.807) is 6.20 Å². The van der Waals surface area contributed by atoms with E-state index in [4.69, 9.17) is 23.2 Å². The maximum Gasteiger partial charge on any atom is 0.226 e. The van der Waals surface area contributed by atoms with Gasteiger partial charge in [-0.05, 0) is 35.7 Å². The topological polar surface area (TPSA) is 42.0 Å². The van der Waals surface area contributed by atoms with Gasteiger partial charge in [0, 0.05) is 34.0 Å². The number of benzene rings is 2. The van der Waals surface area contributed by atoms with E-state index in [-0.39, 0.29) is 5.91 Å². The van der Waals surface area contributed by atoms with E-state index in [1.807, 2.05) is 48.5 Å². The molecule has 0 aliphatic heterocycles. The lowest BCUT2D eigenvalue weighted by atomic mass is 10.1. The third-order valence-electron chi connectivity index (χ3n) is 3.65. The number of carbonyl (C=O) groups excluding carboxylic acids is 1. The summed E-state index contributed by atoms with van der Waals surface area (Å²) in [4.78, 5) is 17.5. The Kier molecular flexibility index (Phi) is 6.08. The Balaban J connectivity index is 1.54. The van der Waals surface area contributed by atoms with Crippen molar-refractivity contribution in [1.29, 1.82) is 0 Å². The number of rotatable bonds is 6. The summed E-state index contributed by atoms with van der Waals surface area (Å²) in [5.41, 5.74) is 2.09. The number of carbonyl (C=O) groups is 1. The predicted molar refractivity (Wildman–Crippen MR) is 105 cm³/mol. The molecule has 0 radical (unpaired) electrons. The Morgan fingerprint density at radius 3 is 2.76 bits per heavy atom. The molecule has 0 fully saturated rings. The minimum absolute atomic E-state index is 0.0661. The summed E-state index contributed by atoms with van der Waals surface area (Å²) in [5, 5.41) is 4.87. The monoisotopic (exact) mass is 390 g/mol. The second-order valence-electron chi connectivity index (χ2n) is 5.58. The van der Waals surface area contributed by atoms with Crippen molar-refractivity contribution in [2.45, 2.75) is 19.3 Å². The first-order valence-electron chi connectivity index (χ1n) is 7.82. The van der Waals surface area contributed by atoms with Gasteiger partial charge in [-0.15, -0.1) is 11.3 Å². The van der Waals surface area contributed by atoms with Crippen molar-refractivity contribution in [3.8, 4) is 0 Å². The number of hydrogen-bond acceptors (Lipinski definition) is 3. The van der Waals surface area contributed by atoms with E-state index in [9.17, 15) is 4.79 Å². The zero-order valence-corrected chi connectivity index (χ0v) is 15.7. The van der Waals surface area contributed by atoms with Crippen LogP contribution in [0, 0.1) is 0 Å². The fourth-order valence-electron chi connectivity index (χ4n) is 2.43. The van der Waals surface area contributed by atoms with Gasteiger partial charge in [-0.1, -0.05) is 53.5 Å². The molecule has 1 N–H and O–H groups in total. The average Bonchev–Trinajstić information content (AvgIpc) is 3.01. The van der Waals surface area contributed by atoms with E-state index in [1.165, 1.54) is 11.3 Å². The van der Waals surface area contributed by atoms with Crippen LogP contribution in [0.3, 0.4) is 0 Å². The Morgan fingerprint density at radius 1 is 1.12 bits per heavy atom. The van der Waals surface area contributed by atoms with Gasteiger partial charge in [-0.2, -0.15) is 0 Å². The van der Waals surface area contributed by atoms with E-state index in [0.29, 0.717) is 23.0 Å². The number of thiazole rings is 1. The van der Waals surface area contributed by atoms with Crippen LogP contribution in [0.4, 0.5) is 5.13 Å². The molecule has 0 spiro atoms. The van der Waals surface area contributed by atoms with E-state index in [0.717, 1.165) is 27.4 Å². The lowest BCUT2D eigenvalue weighted by Gasteiger charge is -2.04. The lowest BCUT2D eigenvalue weighted by molar-refractivity contribution is -0.116. The van der Waals surface area contributed by atoms with Crippen LogP contribution < -0.4 is 5.32 Å². The Morgan fingerprint density at radius 2 is 1.96 bits per heavy atom. The minimum Gasteiger partial charge on any atom is -0.302 e. The highest BCUT2D eigenvalue weighted by atomic mass is 35.5. The van der Waals surface area contributed by atoms with Crippen molar-refractivity contribution >= 4 is 45.6 Å². The summed E-state index contributed by atoms with van der Waals surface area (Å²) in [6, 6.07) is 15.3. The Bertz CT molecular complexity index is 879. The van der Waals surface area contributed by atoms with E-state index in [2.05, 4.69) is 10.3 Å². The highest BCUT2D eigenvalue weighted by Gasteiger charge is 2.09. The first-order valence-corrected chi connectivity index (χ1v) is 9.40. The van der Waals surface area contributed by atoms with Crippen molar-refractivity contribution in [1.82, 2.24) is 4.98 Å². The molecular formula is C19H16Cl2N2OS. The first-order chi connectivity index (χ1) is 12.1. The Labute approximate surface area is 160 Å². The minimum atomic E-state index is -0.0661. The summed E-state index contributed by atoms with van der Waals surface area (Å²) in [7, 11) is 0. The fourth-order valence-corrected chi connectivity index (χ4v) is 3.73. The molecule has 0 atom stereocenters. The number of aryl methyl sites for hydroxylation is 1. The molecule has 0 aliphatic rings. The zero-order valence-electron chi connectivity index (χ0n) is 13.3. The van der Waals surface area contributed by atoms with Crippen LogP contribution in [0.2, 0.25) is 10.0 Å². The highest BCUT2D eigenvalue weighted by Crippen LogP contribution is 2.23. The van der Waals surface area contributed by atoms with Gasteiger partial charge in [0.05, 0.1) is 0 Å². The number of halogens is 2. The number of hydrogen-bond donors (Lipinski definition) is 1. The fraction of sp³-hybridized carbons (Fsp3) is 0.158. The van der Waals surface area contributed by atoms with Gasteiger partial charge in [0.15, 0.2) is 5.13 Å². The van der Waals surface area contributed by atoms with Crippen molar-refractivity contribution < 1.29 is 4.79 Å². The standard InChI is InChI=1S/C19H16Cl2N2OS/c20-15-6-3-4-13(10-15)11-16-12-22-19(25-16)23-18(24)9-8-14-5-1-2-7-17(14)21/h1-7,10,12H,8-9,11H2,(H,22,23,24). The van der Waals surface area contributed by atoms with Crippen LogP contribution >= 0.6 is 34.5 Å². The second-order valence-corrected chi connectivity index (χ2v) is 7.54. The largest absolute Gasteiger partial charge is 0.302 e. The highest BCUT2D eigenvalue weighted by molar-refractivity contribution is 7.15. The first kappa shape index (κ1) is 17.9. The molecule has 0 aliphatic carbocycles. The van der Waals surface area contributed by atoms with Crippen LogP contribution in [0.15, 0.2) is 54.7 Å². The maximum atomic E-state index is 12.1. The Hall–Kier alpha value is -1.88. The molecule has 128 valence electrons. The molecule has 0 saturated heterocycles. The van der Waals surface area contributed by atoms with Gasteiger partial charge in [0.25, 0.3) is 0 Å². The number of aromatic nitrogens is 1. The van der Waals surface area contributed by atoms with Gasteiger partial charge in [-0.25, -0.2) is 4.98 Å². The normalized spacial score (nSPS) is 10.6. The predicted octanol–water partition coefficient (Wildman–Crippen LogP) is 5.61. The van der Waals surface area contributed by atoms with Crippen LogP contribution in [0.5, 0.6) is 0 Å². The second kappa shape index (κ2) is 8.48. The molecule has 0 unspecified atom stereocenters. The summed E-state index contributed by atoms with van der Waals surface area (Å²) in [6.07, 6.45) is 3.50. The van der Waals surface area contributed by atoms with Crippen molar-refractivity contribution in [2.75, 3.05) is 5.32 Å². The van der Waals surface area contributed by atoms with E-state index >= 15 is 0 Å². The van der Waals surface area contributed by atoms with Crippen LogP contribution in [0.25, 0.3) is 0 Å². The van der Waals surface area contributed by atoms with Gasteiger partial charge in [-0.3, -0.25) is 4.79 Å².